The molecule has 0 saturated carbocycles. The van der Waals surface area contributed by atoms with E-state index in [0.29, 0.717) is 5.92 Å². The van der Waals surface area contributed by atoms with Gasteiger partial charge in [0.2, 0.25) is 0 Å². The highest BCUT2D eigenvalue weighted by molar-refractivity contribution is 5.37. The molecule has 0 unspecified atom stereocenters. The van der Waals surface area contributed by atoms with Crippen LogP contribution < -0.4 is 4.74 Å². The molecular formula is C13H16N2O. The van der Waals surface area contributed by atoms with Gasteiger partial charge in [-0.1, -0.05) is 13.8 Å². The van der Waals surface area contributed by atoms with E-state index < -0.39 is 0 Å². The van der Waals surface area contributed by atoms with Gasteiger partial charge >= 0.3 is 0 Å². The first kappa shape index (κ1) is 10.7. The molecule has 0 aliphatic carbocycles. The van der Waals surface area contributed by atoms with Crippen LogP contribution in [0.15, 0.2) is 36.8 Å². The molecule has 3 nitrogen and oxygen atoms in total. The molecule has 2 rings (SSSR count). The highest BCUT2D eigenvalue weighted by Crippen LogP contribution is 2.17. The van der Waals surface area contributed by atoms with E-state index >= 15 is 0 Å². The average Bonchev–Trinajstić information content (AvgIpc) is 2.78. The van der Waals surface area contributed by atoms with Crippen molar-refractivity contribution in [2.24, 2.45) is 0 Å². The zero-order valence-corrected chi connectivity index (χ0v) is 9.84. The SMILES string of the molecule is COc1ccc(-n2cnc(C(C)C)c2)cc1. The van der Waals surface area contributed by atoms with Gasteiger partial charge in [0.15, 0.2) is 0 Å². The summed E-state index contributed by atoms with van der Waals surface area (Å²) in [7, 11) is 1.67. The summed E-state index contributed by atoms with van der Waals surface area (Å²) in [6.07, 6.45) is 3.91. The topological polar surface area (TPSA) is 27.1 Å². The Balaban J connectivity index is 2.28. The van der Waals surface area contributed by atoms with Crippen LogP contribution in [0.4, 0.5) is 0 Å². The Morgan fingerprint density at radius 3 is 2.38 bits per heavy atom. The van der Waals surface area contributed by atoms with E-state index in [1.807, 2.05) is 35.2 Å². The summed E-state index contributed by atoms with van der Waals surface area (Å²) >= 11 is 0. The summed E-state index contributed by atoms with van der Waals surface area (Å²) < 4.78 is 7.15. The summed E-state index contributed by atoms with van der Waals surface area (Å²) in [5, 5.41) is 0. The molecule has 0 bridgehead atoms. The van der Waals surface area contributed by atoms with Crippen molar-refractivity contribution in [1.29, 1.82) is 0 Å². The molecule has 0 saturated heterocycles. The maximum Gasteiger partial charge on any atom is 0.119 e. The minimum atomic E-state index is 0.458. The lowest BCUT2D eigenvalue weighted by Crippen LogP contribution is -1.90. The van der Waals surface area contributed by atoms with Gasteiger partial charge in [-0.05, 0) is 30.2 Å². The third-order valence-electron chi connectivity index (χ3n) is 2.56. The van der Waals surface area contributed by atoms with E-state index in [2.05, 4.69) is 25.0 Å². The molecule has 84 valence electrons. The fourth-order valence-corrected chi connectivity index (χ4v) is 1.53. The Hall–Kier alpha value is -1.77. The monoisotopic (exact) mass is 216 g/mol. The fourth-order valence-electron chi connectivity index (χ4n) is 1.53. The molecule has 0 aliphatic heterocycles. The van der Waals surface area contributed by atoms with Crippen LogP contribution in [0.3, 0.4) is 0 Å². The lowest BCUT2D eigenvalue weighted by atomic mass is 10.2. The number of rotatable bonds is 3. The van der Waals surface area contributed by atoms with Crippen LogP contribution in [0.25, 0.3) is 5.69 Å². The Kier molecular flexibility index (Phi) is 2.95. The van der Waals surface area contributed by atoms with Gasteiger partial charge < -0.3 is 9.30 Å². The van der Waals surface area contributed by atoms with Gasteiger partial charge in [-0.2, -0.15) is 0 Å². The van der Waals surface area contributed by atoms with Crippen molar-refractivity contribution in [3.8, 4) is 11.4 Å². The molecule has 0 amide bonds. The van der Waals surface area contributed by atoms with Gasteiger partial charge in [0.1, 0.15) is 5.75 Å². The second-order valence-electron chi connectivity index (χ2n) is 4.06. The van der Waals surface area contributed by atoms with Crippen LogP contribution in [0.5, 0.6) is 5.75 Å². The van der Waals surface area contributed by atoms with Gasteiger partial charge in [0.25, 0.3) is 0 Å². The Morgan fingerprint density at radius 2 is 1.88 bits per heavy atom. The summed E-state index contributed by atoms with van der Waals surface area (Å²) in [6.45, 7) is 4.28. The van der Waals surface area contributed by atoms with E-state index in [9.17, 15) is 0 Å². The molecule has 3 heteroatoms. The van der Waals surface area contributed by atoms with Gasteiger partial charge in [0, 0.05) is 11.9 Å². The molecule has 1 heterocycles. The van der Waals surface area contributed by atoms with Crippen LogP contribution in [-0.4, -0.2) is 16.7 Å². The number of nitrogens with zero attached hydrogens (tertiary/aromatic N) is 2. The molecule has 0 aliphatic rings. The van der Waals surface area contributed by atoms with Gasteiger partial charge in [0.05, 0.1) is 19.1 Å². The molecule has 0 spiro atoms. The van der Waals surface area contributed by atoms with Crippen molar-refractivity contribution < 1.29 is 4.74 Å². The standard InChI is InChI=1S/C13H16N2O/c1-10(2)13-8-15(9-14-13)11-4-6-12(16-3)7-5-11/h4-10H,1-3H3. The molecule has 0 fully saturated rings. The number of hydrogen-bond donors (Lipinski definition) is 0. The number of methoxy groups -OCH3 is 1. The second-order valence-corrected chi connectivity index (χ2v) is 4.06. The molecule has 2 aromatic rings. The summed E-state index contributed by atoms with van der Waals surface area (Å²) in [6, 6.07) is 7.93. The fraction of sp³-hybridized carbons (Fsp3) is 0.308. The largest absolute Gasteiger partial charge is 0.497 e. The first-order valence-corrected chi connectivity index (χ1v) is 5.39. The van der Waals surface area contributed by atoms with Crippen molar-refractivity contribution in [3.05, 3.63) is 42.5 Å². The maximum atomic E-state index is 5.12. The molecule has 0 N–H and O–H groups in total. The van der Waals surface area contributed by atoms with Crippen molar-refractivity contribution in [3.63, 3.8) is 0 Å². The summed E-state index contributed by atoms with van der Waals surface area (Å²) in [5.41, 5.74) is 2.20. The molecule has 0 atom stereocenters. The maximum absolute atomic E-state index is 5.12. The average molecular weight is 216 g/mol. The van der Waals surface area contributed by atoms with Crippen molar-refractivity contribution in [2.75, 3.05) is 7.11 Å². The molecule has 0 radical (unpaired) electrons. The number of ether oxygens (including phenoxy) is 1. The predicted molar refractivity (Wildman–Crippen MR) is 64.2 cm³/mol. The lowest BCUT2D eigenvalue weighted by Gasteiger charge is -2.03. The van der Waals surface area contributed by atoms with E-state index in [-0.39, 0.29) is 0 Å². The smallest absolute Gasteiger partial charge is 0.119 e. The number of hydrogen-bond acceptors (Lipinski definition) is 2. The third-order valence-corrected chi connectivity index (χ3v) is 2.56. The van der Waals surface area contributed by atoms with E-state index in [4.69, 9.17) is 4.74 Å². The van der Waals surface area contributed by atoms with Crippen molar-refractivity contribution in [1.82, 2.24) is 9.55 Å². The van der Waals surface area contributed by atoms with Crippen LogP contribution >= 0.6 is 0 Å². The number of benzene rings is 1. The van der Waals surface area contributed by atoms with Crippen molar-refractivity contribution in [2.45, 2.75) is 19.8 Å². The minimum Gasteiger partial charge on any atom is -0.497 e. The van der Waals surface area contributed by atoms with Gasteiger partial charge in [-0.25, -0.2) is 4.98 Å². The summed E-state index contributed by atoms with van der Waals surface area (Å²) in [5.74, 6) is 1.33. The highest BCUT2D eigenvalue weighted by Gasteiger charge is 2.04. The van der Waals surface area contributed by atoms with Crippen LogP contribution in [0, 0.1) is 0 Å². The second kappa shape index (κ2) is 4.39. The Labute approximate surface area is 95.7 Å². The van der Waals surface area contributed by atoms with E-state index in [1.165, 1.54) is 0 Å². The van der Waals surface area contributed by atoms with Gasteiger partial charge in [-0.3, -0.25) is 0 Å². The lowest BCUT2D eigenvalue weighted by molar-refractivity contribution is 0.414. The van der Waals surface area contributed by atoms with Gasteiger partial charge in [-0.15, -0.1) is 0 Å². The quantitative estimate of drug-likeness (QED) is 0.788. The third kappa shape index (κ3) is 2.08. The van der Waals surface area contributed by atoms with E-state index in [1.54, 1.807) is 7.11 Å². The highest BCUT2D eigenvalue weighted by atomic mass is 16.5. The zero-order valence-electron chi connectivity index (χ0n) is 9.84. The zero-order chi connectivity index (χ0) is 11.5. The predicted octanol–water partition coefficient (Wildman–Crippen LogP) is 3.00. The van der Waals surface area contributed by atoms with Crippen molar-refractivity contribution >= 4 is 0 Å². The summed E-state index contributed by atoms with van der Waals surface area (Å²) in [4.78, 5) is 4.37. The molecular weight excluding hydrogens is 200 g/mol. The van der Waals surface area contributed by atoms with E-state index in [0.717, 1.165) is 17.1 Å². The Morgan fingerprint density at radius 1 is 1.19 bits per heavy atom. The van der Waals surface area contributed by atoms with Crippen LogP contribution in [-0.2, 0) is 0 Å². The van der Waals surface area contributed by atoms with Crippen LogP contribution in [0.1, 0.15) is 25.5 Å². The number of aromatic nitrogens is 2. The first-order valence-electron chi connectivity index (χ1n) is 5.39. The molecule has 1 aromatic heterocycles. The molecule has 1 aromatic carbocycles. The number of imidazole rings is 1. The minimum absolute atomic E-state index is 0.458. The van der Waals surface area contributed by atoms with Crippen LogP contribution in [0.2, 0.25) is 0 Å². The first-order chi connectivity index (χ1) is 7.70. The Bertz CT molecular complexity index is 457. The normalized spacial score (nSPS) is 10.8. The molecule has 16 heavy (non-hydrogen) atoms.